The molecule has 0 spiro atoms. The van der Waals surface area contributed by atoms with Gasteiger partial charge in [0, 0.05) is 19.5 Å². The van der Waals surface area contributed by atoms with Crippen molar-refractivity contribution < 1.29 is 18.0 Å². The van der Waals surface area contributed by atoms with Crippen LogP contribution in [0.4, 0.5) is 5.69 Å². The van der Waals surface area contributed by atoms with Gasteiger partial charge < -0.3 is 10.2 Å². The fourth-order valence-electron chi connectivity index (χ4n) is 5.26. The van der Waals surface area contributed by atoms with Gasteiger partial charge in [-0.1, -0.05) is 118 Å². The highest BCUT2D eigenvalue weighted by molar-refractivity contribution is 7.92. The standard InChI is InChI=1S/C38H45N3O4S/c1-28(2)25-39-38(43)36(24-31-14-8-6-9-15-31)40(26-32-16-12-13-30(5)23-32)37(42)27-41(34-21-19-33(20-22-34)29(3)4)46(44,45)35-17-10-7-11-18-35/h6-23,28-29,36H,24-27H2,1-5H3,(H,39,43)/t36-/m1/s1. The molecule has 0 aliphatic carbocycles. The van der Waals surface area contributed by atoms with Crippen molar-refractivity contribution in [1.29, 1.82) is 0 Å². The lowest BCUT2D eigenvalue weighted by molar-refractivity contribution is -0.140. The number of carbonyl (C=O) groups excluding carboxylic acids is 2. The molecule has 4 aromatic rings. The van der Waals surface area contributed by atoms with Crippen LogP contribution in [-0.4, -0.2) is 44.3 Å². The third-order valence-corrected chi connectivity index (χ3v) is 9.64. The number of anilines is 1. The summed E-state index contributed by atoms with van der Waals surface area (Å²) in [5.74, 6) is -0.294. The molecule has 0 radical (unpaired) electrons. The largest absolute Gasteiger partial charge is 0.354 e. The number of carbonyl (C=O) groups is 2. The molecule has 4 aromatic carbocycles. The minimum atomic E-state index is -4.14. The molecule has 0 aliphatic heterocycles. The Morgan fingerprint density at radius 1 is 0.761 bits per heavy atom. The zero-order valence-corrected chi connectivity index (χ0v) is 28.2. The number of rotatable bonds is 14. The second-order valence-corrected chi connectivity index (χ2v) is 14.3. The van der Waals surface area contributed by atoms with E-state index in [9.17, 15) is 18.0 Å². The van der Waals surface area contributed by atoms with Gasteiger partial charge in [0.1, 0.15) is 12.6 Å². The molecule has 0 bridgehead atoms. The fourth-order valence-corrected chi connectivity index (χ4v) is 6.69. The van der Waals surface area contributed by atoms with Crippen LogP contribution < -0.4 is 9.62 Å². The molecular weight excluding hydrogens is 595 g/mol. The van der Waals surface area contributed by atoms with Crippen molar-refractivity contribution in [2.45, 2.75) is 64.4 Å². The average Bonchev–Trinajstić information content (AvgIpc) is 3.05. The Kier molecular flexibility index (Phi) is 11.8. The summed E-state index contributed by atoms with van der Waals surface area (Å²) >= 11 is 0. The highest BCUT2D eigenvalue weighted by Crippen LogP contribution is 2.27. The zero-order chi connectivity index (χ0) is 33.3. The predicted molar refractivity (Wildman–Crippen MR) is 185 cm³/mol. The summed E-state index contributed by atoms with van der Waals surface area (Å²) in [6.45, 7) is 10.2. The molecule has 0 aromatic heterocycles. The van der Waals surface area contributed by atoms with Crippen molar-refractivity contribution >= 4 is 27.5 Å². The minimum absolute atomic E-state index is 0.0801. The summed E-state index contributed by atoms with van der Waals surface area (Å²) in [6, 6.07) is 31.9. The molecular formula is C38H45N3O4S. The molecule has 0 saturated heterocycles. The number of aryl methyl sites for hydroxylation is 1. The van der Waals surface area contributed by atoms with Crippen LogP contribution in [0.15, 0.2) is 114 Å². The van der Waals surface area contributed by atoms with Crippen molar-refractivity contribution in [3.63, 3.8) is 0 Å². The zero-order valence-electron chi connectivity index (χ0n) is 27.4. The predicted octanol–water partition coefficient (Wildman–Crippen LogP) is 6.73. The van der Waals surface area contributed by atoms with Gasteiger partial charge in [-0.05, 0) is 59.7 Å². The van der Waals surface area contributed by atoms with Gasteiger partial charge in [0.2, 0.25) is 11.8 Å². The third-order valence-electron chi connectivity index (χ3n) is 7.85. The number of benzene rings is 4. The van der Waals surface area contributed by atoms with Gasteiger partial charge in [0.25, 0.3) is 10.0 Å². The lowest BCUT2D eigenvalue weighted by Crippen LogP contribution is -2.53. The maximum absolute atomic E-state index is 14.6. The lowest BCUT2D eigenvalue weighted by atomic mass is 10.0. The van der Waals surface area contributed by atoms with Crippen LogP contribution in [0.5, 0.6) is 0 Å². The minimum Gasteiger partial charge on any atom is -0.354 e. The Hall–Kier alpha value is -4.43. The Balaban J connectivity index is 1.80. The number of nitrogens with zero attached hydrogens (tertiary/aromatic N) is 2. The summed E-state index contributed by atoms with van der Waals surface area (Å²) in [5.41, 5.74) is 4.19. The van der Waals surface area contributed by atoms with E-state index in [0.717, 1.165) is 26.6 Å². The number of sulfonamides is 1. The summed E-state index contributed by atoms with van der Waals surface area (Å²) in [6.07, 6.45) is 0.275. The van der Waals surface area contributed by atoms with Crippen LogP contribution >= 0.6 is 0 Å². The Morgan fingerprint density at radius 2 is 1.37 bits per heavy atom. The van der Waals surface area contributed by atoms with Crippen LogP contribution in [0.1, 0.15) is 55.9 Å². The summed E-state index contributed by atoms with van der Waals surface area (Å²) < 4.78 is 29.5. The van der Waals surface area contributed by atoms with Crippen LogP contribution in [0, 0.1) is 12.8 Å². The maximum Gasteiger partial charge on any atom is 0.264 e. The molecule has 0 unspecified atom stereocenters. The first-order valence-corrected chi connectivity index (χ1v) is 17.2. The van der Waals surface area contributed by atoms with Gasteiger partial charge in [0.05, 0.1) is 10.6 Å². The molecule has 0 fully saturated rings. The highest BCUT2D eigenvalue weighted by Gasteiger charge is 2.34. The fraction of sp³-hybridized carbons (Fsp3) is 0.316. The molecule has 1 atom stereocenters. The van der Waals surface area contributed by atoms with E-state index in [-0.39, 0.29) is 35.6 Å². The summed E-state index contributed by atoms with van der Waals surface area (Å²) in [7, 11) is -4.14. The Labute approximate surface area is 274 Å². The van der Waals surface area contributed by atoms with Crippen LogP contribution in [-0.2, 0) is 32.6 Å². The molecule has 7 nitrogen and oxygen atoms in total. The van der Waals surface area contributed by atoms with E-state index in [4.69, 9.17) is 0 Å². The van der Waals surface area contributed by atoms with E-state index in [1.54, 1.807) is 30.3 Å². The first kappa shape index (κ1) is 34.4. The van der Waals surface area contributed by atoms with Crippen molar-refractivity contribution in [2.24, 2.45) is 5.92 Å². The van der Waals surface area contributed by atoms with Gasteiger partial charge >= 0.3 is 0 Å². The van der Waals surface area contributed by atoms with Gasteiger partial charge in [0.15, 0.2) is 0 Å². The quantitative estimate of drug-likeness (QED) is 0.166. The molecule has 0 aliphatic rings. The molecule has 0 saturated carbocycles. The van der Waals surface area contributed by atoms with E-state index in [1.807, 2.05) is 87.5 Å². The molecule has 4 rings (SSSR count). The number of hydrogen-bond donors (Lipinski definition) is 1. The molecule has 46 heavy (non-hydrogen) atoms. The molecule has 1 N–H and O–H groups in total. The van der Waals surface area contributed by atoms with Crippen molar-refractivity contribution in [2.75, 3.05) is 17.4 Å². The topological polar surface area (TPSA) is 86.8 Å². The van der Waals surface area contributed by atoms with Gasteiger partial charge in [-0.2, -0.15) is 0 Å². The average molecular weight is 640 g/mol. The summed E-state index contributed by atoms with van der Waals surface area (Å²) in [4.78, 5) is 30.1. The number of hydrogen-bond acceptors (Lipinski definition) is 4. The number of amides is 2. The molecule has 8 heteroatoms. The first-order valence-electron chi connectivity index (χ1n) is 15.8. The van der Waals surface area contributed by atoms with E-state index in [2.05, 4.69) is 19.2 Å². The third kappa shape index (κ3) is 9.07. The smallest absolute Gasteiger partial charge is 0.264 e. The van der Waals surface area contributed by atoms with Crippen LogP contribution in [0.2, 0.25) is 0 Å². The van der Waals surface area contributed by atoms with E-state index >= 15 is 0 Å². The van der Waals surface area contributed by atoms with Gasteiger partial charge in [-0.25, -0.2) is 8.42 Å². The van der Waals surface area contributed by atoms with Gasteiger partial charge in [-0.3, -0.25) is 13.9 Å². The normalized spacial score (nSPS) is 12.2. The van der Waals surface area contributed by atoms with E-state index < -0.39 is 28.5 Å². The van der Waals surface area contributed by atoms with E-state index in [0.29, 0.717) is 12.2 Å². The van der Waals surface area contributed by atoms with E-state index in [1.165, 1.54) is 17.0 Å². The summed E-state index contributed by atoms with van der Waals surface area (Å²) in [5, 5.41) is 3.03. The second kappa shape index (κ2) is 15.7. The Bertz CT molecular complexity index is 1690. The van der Waals surface area contributed by atoms with Gasteiger partial charge in [-0.15, -0.1) is 0 Å². The van der Waals surface area contributed by atoms with Crippen molar-refractivity contribution in [3.05, 3.63) is 131 Å². The molecule has 242 valence electrons. The van der Waals surface area contributed by atoms with Crippen molar-refractivity contribution in [1.82, 2.24) is 10.2 Å². The SMILES string of the molecule is Cc1cccc(CN(C(=O)CN(c2ccc(C(C)C)cc2)S(=O)(=O)c2ccccc2)[C@H](Cc2ccccc2)C(=O)NCC(C)C)c1. The molecule has 0 heterocycles. The first-order chi connectivity index (χ1) is 22.0. The lowest BCUT2D eigenvalue weighted by Gasteiger charge is -2.34. The number of nitrogens with one attached hydrogen (secondary N) is 1. The Morgan fingerprint density at radius 3 is 1.96 bits per heavy atom. The molecule has 2 amide bonds. The van der Waals surface area contributed by atoms with Crippen LogP contribution in [0.3, 0.4) is 0 Å². The monoisotopic (exact) mass is 639 g/mol. The highest BCUT2D eigenvalue weighted by atomic mass is 32.2. The van der Waals surface area contributed by atoms with Crippen LogP contribution in [0.25, 0.3) is 0 Å². The maximum atomic E-state index is 14.6. The van der Waals surface area contributed by atoms with Crippen molar-refractivity contribution in [3.8, 4) is 0 Å². The second-order valence-electron chi connectivity index (χ2n) is 12.4.